The zero-order chi connectivity index (χ0) is 23.7. The van der Waals surface area contributed by atoms with E-state index in [1.807, 2.05) is 54.6 Å². The number of allylic oxidation sites excluding steroid dienone is 1. The molecule has 3 aromatic carbocycles. The quantitative estimate of drug-likeness (QED) is 0.395. The zero-order valence-corrected chi connectivity index (χ0v) is 19.1. The molecule has 0 saturated carbocycles. The molecule has 5 rings (SSSR count). The van der Waals surface area contributed by atoms with E-state index in [9.17, 15) is 9.59 Å². The number of fused-ring (bicyclic) bond motifs is 1. The van der Waals surface area contributed by atoms with Gasteiger partial charge in [0.05, 0.1) is 24.5 Å². The van der Waals surface area contributed by atoms with Crippen LogP contribution in [-0.2, 0) is 9.59 Å². The first-order valence-corrected chi connectivity index (χ1v) is 11.3. The minimum absolute atomic E-state index is 0.107. The van der Waals surface area contributed by atoms with Crippen molar-refractivity contribution in [3.8, 4) is 11.5 Å². The van der Waals surface area contributed by atoms with Crippen LogP contribution >= 0.6 is 0 Å². The van der Waals surface area contributed by atoms with Crippen LogP contribution in [0, 0.1) is 0 Å². The Bertz CT molecular complexity index is 1280. The van der Waals surface area contributed by atoms with E-state index in [1.54, 1.807) is 6.07 Å². The molecule has 0 bridgehead atoms. The number of ether oxygens (including phenoxy) is 2. The molecule has 1 aliphatic heterocycles. The number of rotatable bonds is 4. The van der Waals surface area contributed by atoms with Crippen molar-refractivity contribution < 1.29 is 19.1 Å². The maximum absolute atomic E-state index is 13.6. The Morgan fingerprint density at radius 3 is 2.35 bits per heavy atom. The summed E-state index contributed by atoms with van der Waals surface area (Å²) >= 11 is 0. The van der Waals surface area contributed by atoms with E-state index in [2.05, 4.69) is 22.8 Å². The van der Waals surface area contributed by atoms with E-state index in [1.165, 1.54) is 19.6 Å². The Labute approximate surface area is 198 Å². The number of esters is 1. The fourth-order valence-electron chi connectivity index (χ4n) is 4.81. The Balaban J connectivity index is 1.60. The number of para-hydroxylation sites is 2. The van der Waals surface area contributed by atoms with Gasteiger partial charge < -0.3 is 20.1 Å². The average molecular weight is 455 g/mol. The highest BCUT2D eigenvalue weighted by Crippen LogP contribution is 2.45. The van der Waals surface area contributed by atoms with Crippen molar-refractivity contribution in [3.05, 3.63) is 95.2 Å². The van der Waals surface area contributed by atoms with Crippen molar-refractivity contribution in [2.45, 2.75) is 31.7 Å². The molecule has 0 unspecified atom stereocenters. The molecule has 0 spiro atoms. The number of methoxy groups -OCH3 is 1. The fourth-order valence-corrected chi connectivity index (χ4v) is 4.81. The van der Waals surface area contributed by atoms with Crippen molar-refractivity contribution in [3.63, 3.8) is 0 Å². The molecule has 0 amide bonds. The molecular formula is C28H26N2O4. The summed E-state index contributed by atoms with van der Waals surface area (Å²) < 4.78 is 10.8. The number of nitrogens with one attached hydrogen (secondary N) is 2. The van der Waals surface area contributed by atoms with Gasteiger partial charge in [0.2, 0.25) is 0 Å². The van der Waals surface area contributed by atoms with Gasteiger partial charge >= 0.3 is 5.97 Å². The fraction of sp³-hybridized carbons (Fsp3) is 0.214. The largest absolute Gasteiger partial charge is 0.493 e. The highest BCUT2D eigenvalue weighted by molar-refractivity contribution is 6.01. The van der Waals surface area contributed by atoms with Crippen LogP contribution in [0.1, 0.15) is 42.9 Å². The second-order valence-electron chi connectivity index (χ2n) is 8.58. The molecule has 3 aromatic rings. The van der Waals surface area contributed by atoms with E-state index in [0.29, 0.717) is 17.9 Å². The number of ketones is 1. The lowest BCUT2D eigenvalue weighted by Crippen LogP contribution is -2.26. The zero-order valence-electron chi connectivity index (χ0n) is 19.1. The van der Waals surface area contributed by atoms with E-state index in [0.717, 1.165) is 34.6 Å². The summed E-state index contributed by atoms with van der Waals surface area (Å²) in [5, 5.41) is 7.12. The molecule has 6 nitrogen and oxygen atoms in total. The van der Waals surface area contributed by atoms with Gasteiger partial charge in [-0.1, -0.05) is 48.5 Å². The molecule has 1 heterocycles. The summed E-state index contributed by atoms with van der Waals surface area (Å²) in [5.41, 5.74) is 5.52. The van der Waals surface area contributed by atoms with Crippen molar-refractivity contribution >= 4 is 23.1 Å². The lowest BCUT2D eigenvalue weighted by molar-refractivity contribution is -0.132. The van der Waals surface area contributed by atoms with Crippen LogP contribution in [0.2, 0.25) is 0 Å². The highest BCUT2D eigenvalue weighted by Gasteiger charge is 2.36. The Kier molecular flexibility index (Phi) is 5.80. The minimum Gasteiger partial charge on any atom is -0.493 e. The number of anilines is 2. The van der Waals surface area contributed by atoms with Gasteiger partial charge in [0.1, 0.15) is 0 Å². The lowest BCUT2D eigenvalue weighted by Gasteiger charge is -2.30. The van der Waals surface area contributed by atoms with E-state index in [-0.39, 0.29) is 17.7 Å². The molecule has 1 aliphatic carbocycles. The van der Waals surface area contributed by atoms with E-state index < -0.39 is 5.97 Å². The number of hydrogen-bond acceptors (Lipinski definition) is 6. The number of Topliss-reactive ketones (excluding diaryl/α,β-unsaturated/α-hetero) is 1. The van der Waals surface area contributed by atoms with Crippen LogP contribution in [0.3, 0.4) is 0 Å². The van der Waals surface area contributed by atoms with Gasteiger partial charge in [-0.2, -0.15) is 0 Å². The number of benzene rings is 3. The van der Waals surface area contributed by atoms with Crippen molar-refractivity contribution in [1.29, 1.82) is 0 Å². The summed E-state index contributed by atoms with van der Waals surface area (Å²) in [6, 6.07) is 23.2. The van der Waals surface area contributed by atoms with Crippen molar-refractivity contribution in [2.75, 3.05) is 17.7 Å². The van der Waals surface area contributed by atoms with Crippen LogP contribution in [0.25, 0.3) is 0 Å². The normalized spacial score (nSPS) is 19.2. The van der Waals surface area contributed by atoms with Crippen molar-refractivity contribution in [1.82, 2.24) is 0 Å². The molecule has 6 heteroatoms. The predicted molar refractivity (Wildman–Crippen MR) is 131 cm³/mol. The lowest BCUT2D eigenvalue weighted by atomic mass is 9.78. The molecule has 2 aliphatic rings. The SMILES string of the molecule is COc1cc([C@@H]2Nc3ccccc3NC3=C2C(=O)C[C@@H](c2ccccc2)C3)ccc1OC(C)=O. The van der Waals surface area contributed by atoms with Crippen LogP contribution in [0.4, 0.5) is 11.4 Å². The molecule has 2 atom stereocenters. The summed E-state index contributed by atoms with van der Waals surface area (Å²) in [4.78, 5) is 25.1. The summed E-state index contributed by atoms with van der Waals surface area (Å²) in [6.07, 6.45) is 1.18. The topological polar surface area (TPSA) is 76.7 Å². The van der Waals surface area contributed by atoms with Gasteiger partial charge in [-0.15, -0.1) is 0 Å². The van der Waals surface area contributed by atoms with Crippen LogP contribution in [0.15, 0.2) is 84.1 Å². The van der Waals surface area contributed by atoms with Gasteiger partial charge in [-0.05, 0) is 47.7 Å². The predicted octanol–water partition coefficient (Wildman–Crippen LogP) is 5.60. The van der Waals surface area contributed by atoms with Gasteiger partial charge in [-0.3, -0.25) is 9.59 Å². The van der Waals surface area contributed by atoms with Crippen LogP contribution < -0.4 is 20.1 Å². The Hall–Kier alpha value is -4.06. The molecule has 172 valence electrons. The maximum Gasteiger partial charge on any atom is 0.308 e. The molecular weight excluding hydrogens is 428 g/mol. The number of carbonyl (C=O) groups excluding carboxylic acids is 2. The van der Waals surface area contributed by atoms with Gasteiger partial charge in [0.15, 0.2) is 17.3 Å². The molecule has 2 N–H and O–H groups in total. The minimum atomic E-state index is -0.420. The van der Waals surface area contributed by atoms with E-state index >= 15 is 0 Å². The van der Waals surface area contributed by atoms with Crippen LogP contribution in [-0.4, -0.2) is 18.9 Å². The number of hydrogen-bond donors (Lipinski definition) is 2. The Morgan fingerprint density at radius 2 is 1.62 bits per heavy atom. The summed E-state index contributed by atoms with van der Waals surface area (Å²) in [6.45, 7) is 1.35. The number of carbonyl (C=O) groups is 2. The van der Waals surface area contributed by atoms with Gasteiger partial charge in [-0.25, -0.2) is 0 Å². The van der Waals surface area contributed by atoms with E-state index in [4.69, 9.17) is 9.47 Å². The standard InChI is InChI=1S/C28H26N2O4/c1-17(31)34-25-13-12-19(16-26(25)33-2)28-27-23(29-21-10-6-7-11-22(21)30-28)14-20(15-24(27)32)18-8-4-3-5-9-18/h3-13,16,20,28-30H,14-15H2,1-2H3/t20-,28-/m0/s1. The second-order valence-corrected chi connectivity index (χ2v) is 8.58. The first kappa shape index (κ1) is 21.8. The molecule has 0 fully saturated rings. The first-order chi connectivity index (χ1) is 16.5. The van der Waals surface area contributed by atoms with Gasteiger partial charge in [0, 0.05) is 24.6 Å². The summed E-state index contributed by atoms with van der Waals surface area (Å²) in [5.74, 6) is 0.589. The molecule has 0 saturated heterocycles. The first-order valence-electron chi connectivity index (χ1n) is 11.3. The molecule has 0 radical (unpaired) electrons. The highest BCUT2D eigenvalue weighted by atomic mass is 16.6. The summed E-state index contributed by atoms with van der Waals surface area (Å²) in [7, 11) is 1.53. The van der Waals surface area contributed by atoms with Crippen molar-refractivity contribution in [2.24, 2.45) is 0 Å². The third-order valence-corrected chi connectivity index (χ3v) is 6.35. The molecule has 34 heavy (non-hydrogen) atoms. The van der Waals surface area contributed by atoms with Gasteiger partial charge in [0.25, 0.3) is 0 Å². The second kappa shape index (κ2) is 9.06. The Morgan fingerprint density at radius 1 is 0.882 bits per heavy atom. The maximum atomic E-state index is 13.6. The smallest absolute Gasteiger partial charge is 0.308 e. The monoisotopic (exact) mass is 454 g/mol. The third-order valence-electron chi connectivity index (χ3n) is 6.35. The van der Waals surface area contributed by atoms with Crippen LogP contribution in [0.5, 0.6) is 11.5 Å². The third kappa shape index (κ3) is 4.15. The average Bonchev–Trinajstić information content (AvgIpc) is 3.01. The molecule has 0 aromatic heterocycles.